The van der Waals surface area contributed by atoms with Gasteiger partial charge in [-0.15, -0.1) is 0 Å². The second-order valence-corrected chi connectivity index (χ2v) is 5.30. The van der Waals surface area contributed by atoms with Crippen molar-refractivity contribution in [3.05, 3.63) is 52.5 Å². The van der Waals surface area contributed by atoms with Crippen molar-refractivity contribution in [3.63, 3.8) is 0 Å². The van der Waals surface area contributed by atoms with E-state index in [0.717, 1.165) is 23.0 Å². The predicted molar refractivity (Wildman–Crippen MR) is 80.4 cm³/mol. The topological polar surface area (TPSA) is 34.1 Å². The van der Waals surface area contributed by atoms with Crippen LogP contribution in [0.1, 0.15) is 18.9 Å². The van der Waals surface area contributed by atoms with E-state index in [1.165, 1.54) is 6.07 Å². The molecule has 0 fully saturated rings. The molecule has 1 aromatic carbocycles. The minimum Gasteiger partial charge on any atom is -0.453 e. The van der Waals surface area contributed by atoms with Crippen molar-refractivity contribution in [2.45, 2.75) is 19.9 Å². The summed E-state index contributed by atoms with van der Waals surface area (Å²) >= 11 is 3.30. The molecule has 0 aliphatic rings. The molecule has 0 bridgehead atoms. The molecule has 0 saturated carbocycles. The van der Waals surface area contributed by atoms with Gasteiger partial charge in [0.15, 0.2) is 11.6 Å². The normalized spacial score (nSPS) is 10.6. The first-order valence-corrected chi connectivity index (χ1v) is 7.26. The maximum atomic E-state index is 14.0. The maximum Gasteiger partial charge on any atom is 0.166 e. The number of nitrogens with zero attached hydrogens (tertiary/aromatic N) is 1. The molecule has 1 aromatic heterocycles. The first kappa shape index (κ1) is 14.9. The number of hydrogen-bond acceptors (Lipinski definition) is 3. The number of nitrogens with one attached hydrogen (secondary N) is 1. The van der Waals surface area contributed by atoms with Gasteiger partial charge >= 0.3 is 0 Å². The Hall–Kier alpha value is -1.46. The molecule has 0 spiro atoms. The van der Waals surface area contributed by atoms with Crippen LogP contribution in [-0.4, -0.2) is 11.5 Å². The molecule has 0 unspecified atom stereocenters. The van der Waals surface area contributed by atoms with E-state index < -0.39 is 0 Å². The predicted octanol–water partition coefficient (Wildman–Crippen LogP) is 4.28. The van der Waals surface area contributed by atoms with Crippen molar-refractivity contribution in [1.82, 2.24) is 10.3 Å². The Morgan fingerprint density at radius 3 is 2.85 bits per heavy atom. The molecule has 2 rings (SSSR count). The van der Waals surface area contributed by atoms with Crippen LogP contribution in [0.2, 0.25) is 0 Å². The lowest BCUT2D eigenvalue weighted by molar-refractivity contribution is 0.439. The number of ether oxygens (including phenoxy) is 1. The molecule has 1 heterocycles. The molecule has 0 aliphatic carbocycles. The molecule has 0 atom stereocenters. The average molecular weight is 339 g/mol. The summed E-state index contributed by atoms with van der Waals surface area (Å²) in [6.45, 7) is 3.67. The van der Waals surface area contributed by atoms with E-state index in [-0.39, 0.29) is 11.6 Å². The zero-order valence-electron chi connectivity index (χ0n) is 11.2. The number of rotatable bonds is 6. The fourth-order valence-corrected chi connectivity index (χ4v) is 2.07. The van der Waals surface area contributed by atoms with Gasteiger partial charge in [-0.2, -0.15) is 0 Å². The molecule has 0 saturated heterocycles. The van der Waals surface area contributed by atoms with E-state index in [0.29, 0.717) is 12.3 Å². The van der Waals surface area contributed by atoms with Gasteiger partial charge in [0.05, 0.1) is 6.20 Å². The van der Waals surface area contributed by atoms with Crippen LogP contribution >= 0.6 is 15.9 Å². The Bertz CT molecular complexity index is 578. The lowest BCUT2D eigenvalue weighted by Gasteiger charge is -2.09. The highest BCUT2D eigenvalue weighted by Crippen LogP contribution is 2.26. The van der Waals surface area contributed by atoms with E-state index in [9.17, 15) is 4.39 Å². The monoisotopic (exact) mass is 338 g/mol. The van der Waals surface area contributed by atoms with Gasteiger partial charge < -0.3 is 10.1 Å². The van der Waals surface area contributed by atoms with Crippen LogP contribution in [0.15, 0.2) is 41.1 Å². The van der Waals surface area contributed by atoms with Crippen LogP contribution in [0.4, 0.5) is 4.39 Å². The second kappa shape index (κ2) is 7.36. The van der Waals surface area contributed by atoms with Crippen molar-refractivity contribution in [2.75, 3.05) is 6.54 Å². The summed E-state index contributed by atoms with van der Waals surface area (Å²) in [7, 11) is 0. The van der Waals surface area contributed by atoms with Gasteiger partial charge in [0.25, 0.3) is 0 Å². The van der Waals surface area contributed by atoms with Crippen LogP contribution in [-0.2, 0) is 6.54 Å². The number of halogens is 2. The van der Waals surface area contributed by atoms with Crippen LogP contribution < -0.4 is 10.1 Å². The molecular weight excluding hydrogens is 323 g/mol. The Balaban J connectivity index is 2.06. The number of hydrogen-bond donors (Lipinski definition) is 1. The molecule has 2 aromatic rings. The quantitative estimate of drug-likeness (QED) is 0.798. The van der Waals surface area contributed by atoms with Crippen LogP contribution in [0.25, 0.3) is 0 Å². The molecule has 1 N–H and O–H groups in total. The number of aromatic nitrogens is 1. The lowest BCUT2D eigenvalue weighted by Crippen LogP contribution is -2.13. The standard InChI is InChI=1S/C15H16BrFN2O/c1-2-5-18-8-11-3-4-15(14(17)6-11)20-13-7-12(16)9-19-10-13/h3-4,6-7,9-10,18H,2,5,8H2,1H3. The van der Waals surface area contributed by atoms with Crippen molar-refractivity contribution < 1.29 is 9.13 Å². The summed E-state index contributed by atoms with van der Waals surface area (Å²) in [5.74, 6) is 0.319. The van der Waals surface area contributed by atoms with Gasteiger partial charge in [0, 0.05) is 17.2 Å². The van der Waals surface area contributed by atoms with Crippen LogP contribution in [0.5, 0.6) is 11.5 Å². The van der Waals surface area contributed by atoms with E-state index in [4.69, 9.17) is 4.74 Å². The number of pyridine rings is 1. The van der Waals surface area contributed by atoms with Gasteiger partial charge in [-0.05, 0) is 52.7 Å². The summed E-state index contributed by atoms with van der Waals surface area (Å²) in [4.78, 5) is 3.97. The zero-order valence-corrected chi connectivity index (χ0v) is 12.8. The Labute approximate surface area is 126 Å². The maximum absolute atomic E-state index is 14.0. The molecule has 3 nitrogen and oxygen atoms in total. The average Bonchev–Trinajstić information content (AvgIpc) is 2.42. The molecular formula is C15H16BrFN2O. The molecule has 20 heavy (non-hydrogen) atoms. The smallest absolute Gasteiger partial charge is 0.166 e. The largest absolute Gasteiger partial charge is 0.453 e. The minimum absolute atomic E-state index is 0.198. The van der Waals surface area contributed by atoms with E-state index in [1.54, 1.807) is 24.5 Å². The van der Waals surface area contributed by atoms with E-state index >= 15 is 0 Å². The molecule has 0 radical (unpaired) electrons. The van der Waals surface area contributed by atoms with Crippen LogP contribution in [0, 0.1) is 5.82 Å². The van der Waals surface area contributed by atoms with Gasteiger partial charge in [-0.3, -0.25) is 4.98 Å². The van der Waals surface area contributed by atoms with Crippen molar-refractivity contribution in [3.8, 4) is 11.5 Å². The van der Waals surface area contributed by atoms with Crippen molar-refractivity contribution in [1.29, 1.82) is 0 Å². The molecule has 0 amide bonds. The summed E-state index contributed by atoms with van der Waals surface area (Å²) in [5, 5.41) is 3.23. The Morgan fingerprint density at radius 1 is 1.30 bits per heavy atom. The Kier molecular flexibility index (Phi) is 5.49. The molecule has 106 valence electrons. The first-order chi connectivity index (χ1) is 9.69. The zero-order chi connectivity index (χ0) is 14.4. The fourth-order valence-electron chi connectivity index (χ4n) is 1.72. The van der Waals surface area contributed by atoms with Crippen molar-refractivity contribution in [2.24, 2.45) is 0 Å². The lowest BCUT2D eigenvalue weighted by atomic mass is 10.2. The first-order valence-electron chi connectivity index (χ1n) is 6.46. The van der Waals surface area contributed by atoms with E-state index in [1.807, 2.05) is 6.07 Å². The van der Waals surface area contributed by atoms with E-state index in [2.05, 4.69) is 33.2 Å². The molecule has 5 heteroatoms. The highest BCUT2D eigenvalue weighted by atomic mass is 79.9. The van der Waals surface area contributed by atoms with Crippen LogP contribution in [0.3, 0.4) is 0 Å². The minimum atomic E-state index is -0.374. The van der Waals surface area contributed by atoms with Crippen molar-refractivity contribution >= 4 is 15.9 Å². The SMILES string of the molecule is CCCNCc1ccc(Oc2cncc(Br)c2)c(F)c1. The van der Waals surface area contributed by atoms with Gasteiger partial charge in [-0.25, -0.2) is 4.39 Å². The highest BCUT2D eigenvalue weighted by Gasteiger charge is 2.06. The third kappa shape index (κ3) is 4.28. The molecule has 0 aliphatic heterocycles. The Morgan fingerprint density at radius 2 is 2.15 bits per heavy atom. The summed E-state index contributed by atoms with van der Waals surface area (Å²) < 4.78 is 20.2. The van der Waals surface area contributed by atoms with Gasteiger partial charge in [0.1, 0.15) is 5.75 Å². The summed E-state index contributed by atoms with van der Waals surface area (Å²) in [6, 6.07) is 6.72. The summed E-state index contributed by atoms with van der Waals surface area (Å²) in [5.41, 5.74) is 0.899. The third-order valence-corrected chi connectivity index (χ3v) is 3.09. The fraction of sp³-hybridized carbons (Fsp3) is 0.267. The summed E-state index contributed by atoms with van der Waals surface area (Å²) in [6.07, 6.45) is 4.24. The second-order valence-electron chi connectivity index (χ2n) is 4.38. The van der Waals surface area contributed by atoms with Gasteiger partial charge in [0.2, 0.25) is 0 Å². The highest BCUT2D eigenvalue weighted by molar-refractivity contribution is 9.10. The van der Waals surface area contributed by atoms with Gasteiger partial charge in [-0.1, -0.05) is 13.0 Å². The number of benzene rings is 1. The third-order valence-electron chi connectivity index (χ3n) is 2.66.